The Labute approximate surface area is 190 Å². The summed E-state index contributed by atoms with van der Waals surface area (Å²) in [5, 5.41) is 0. The van der Waals surface area contributed by atoms with Gasteiger partial charge in [-0.1, -0.05) is 18.2 Å². The van der Waals surface area contributed by atoms with Crippen LogP contribution in [0.2, 0.25) is 0 Å². The molecule has 0 atom stereocenters. The number of hydrogen-bond acceptors (Lipinski definition) is 7. The van der Waals surface area contributed by atoms with E-state index in [-0.39, 0.29) is 12.5 Å². The molecule has 0 spiro atoms. The highest BCUT2D eigenvalue weighted by Crippen LogP contribution is 2.30. The van der Waals surface area contributed by atoms with E-state index in [9.17, 15) is 4.79 Å². The first-order chi connectivity index (χ1) is 15.5. The standard InChI is InChI=1S/C24H34N6O2/c1-18(2)27(3)23-20-16-30(22(31)17-32-4)11-10-21(20)25-24(26-23)29-14-12-28(13-15-29)19-8-6-5-7-9-19/h5-9,18H,10-17H2,1-4H3. The molecule has 1 saturated heterocycles. The van der Waals surface area contributed by atoms with Gasteiger partial charge >= 0.3 is 0 Å². The number of piperazine rings is 1. The molecule has 8 nitrogen and oxygen atoms in total. The normalized spacial score (nSPS) is 16.3. The molecule has 0 unspecified atom stereocenters. The Morgan fingerprint density at radius 1 is 1.06 bits per heavy atom. The second kappa shape index (κ2) is 9.73. The minimum Gasteiger partial charge on any atom is -0.375 e. The van der Waals surface area contributed by atoms with E-state index >= 15 is 0 Å². The number of ether oxygens (including phenoxy) is 1. The van der Waals surface area contributed by atoms with Gasteiger partial charge in [-0.25, -0.2) is 4.98 Å². The minimum absolute atomic E-state index is 0.0115. The first-order valence-corrected chi connectivity index (χ1v) is 11.4. The topological polar surface area (TPSA) is 65.0 Å². The zero-order valence-electron chi connectivity index (χ0n) is 19.6. The zero-order chi connectivity index (χ0) is 22.7. The van der Waals surface area contributed by atoms with Gasteiger partial charge in [0.1, 0.15) is 12.4 Å². The lowest BCUT2D eigenvalue weighted by atomic mass is 10.0. The Kier molecular flexibility index (Phi) is 6.79. The highest BCUT2D eigenvalue weighted by molar-refractivity contribution is 5.78. The Balaban J connectivity index is 1.57. The molecule has 0 N–H and O–H groups in total. The van der Waals surface area contributed by atoms with Crippen molar-refractivity contribution in [2.75, 3.05) is 68.2 Å². The van der Waals surface area contributed by atoms with Gasteiger partial charge in [0.2, 0.25) is 11.9 Å². The fraction of sp³-hybridized carbons (Fsp3) is 0.542. The van der Waals surface area contributed by atoms with Gasteiger partial charge in [-0.2, -0.15) is 4.98 Å². The molecule has 8 heteroatoms. The van der Waals surface area contributed by atoms with E-state index in [0.717, 1.165) is 55.6 Å². The summed E-state index contributed by atoms with van der Waals surface area (Å²) in [7, 11) is 3.63. The molecule has 32 heavy (non-hydrogen) atoms. The van der Waals surface area contributed by atoms with Crippen LogP contribution in [-0.2, 0) is 22.5 Å². The third kappa shape index (κ3) is 4.65. The fourth-order valence-corrected chi connectivity index (χ4v) is 4.29. The van der Waals surface area contributed by atoms with Crippen LogP contribution in [-0.4, -0.2) is 80.3 Å². The summed E-state index contributed by atoms with van der Waals surface area (Å²) in [4.78, 5) is 31.2. The highest BCUT2D eigenvalue weighted by Gasteiger charge is 2.29. The van der Waals surface area contributed by atoms with E-state index in [1.165, 1.54) is 5.69 Å². The average molecular weight is 439 g/mol. The van der Waals surface area contributed by atoms with Crippen LogP contribution in [0.3, 0.4) is 0 Å². The molecular formula is C24H34N6O2. The van der Waals surface area contributed by atoms with Crippen LogP contribution in [0.5, 0.6) is 0 Å². The van der Waals surface area contributed by atoms with Crippen LogP contribution in [0.15, 0.2) is 30.3 Å². The van der Waals surface area contributed by atoms with Crippen molar-refractivity contribution >= 4 is 23.4 Å². The maximum Gasteiger partial charge on any atom is 0.248 e. The van der Waals surface area contributed by atoms with Crippen molar-refractivity contribution in [2.45, 2.75) is 32.9 Å². The molecule has 1 fully saturated rings. The number of nitrogens with zero attached hydrogens (tertiary/aromatic N) is 6. The van der Waals surface area contributed by atoms with Crippen LogP contribution in [0.25, 0.3) is 0 Å². The summed E-state index contributed by atoms with van der Waals surface area (Å²) in [6.45, 7) is 9.28. The second-order valence-electron chi connectivity index (χ2n) is 8.79. The van der Waals surface area contributed by atoms with Crippen molar-refractivity contribution in [2.24, 2.45) is 0 Å². The summed E-state index contributed by atoms with van der Waals surface area (Å²) in [6, 6.07) is 10.8. The van der Waals surface area contributed by atoms with E-state index in [1.807, 2.05) is 4.90 Å². The SMILES string of the molecule is COCC(=O)N1CCc2nc(N3CCN(c4ccccc4)CC3)nc(N(C)C(C)C)c2C1. The lowest BCUT2D eigenvalue weighted by molar-refractivity contribution is -0.136. The number of carbonyl (C=O) groups excluding carboxylic acids is 1. The molecule has 2 aliphatic heterocycles. The molecular weight excluding hydrogens is 404 g/mol. The van der Waals surface area contributed by atoms with Gasteiger partial charge < -0.3 is 24.3 Å². The predicted molar refractivity (Wildman–Crippen MR) is 127 cm³/mol. The summed E-state index contributed by atoms with van der Waals surface area (Å²) in [6.07, 6.45) is 0.739. The maximum absolute atomic E-state index is 12.4. The monoisotopic (exact) mass is 438 g/mol. The Bertz CT molecular complexity index is 928. The zero-order valence-corrected chi connectivity index (χ0v) is 19.6. The highest BCUT2D eigenvalue weighted by atomic mass is 16.5. The molecule has 0 radical (unpaired) electrons. The van der Waals surface area contributed by atoms with E-state index in [0.29, 0.717) is 19.1 Å². The van der Waals surface area contributed by atoms with E-state index in [4.69, 9.17) is 14.7 Å². The van der Waals surface area contributed by atoms with E-state index < -0.39 is 0 Å². The summed E-state index contributed by atoms with van der Waals surface area (Å²) < 4.78 is 5.06. The third-order valence-corrected chi connectivity index (χ3v) is 6.44. The van der Waals surface area contributed by atoms with Crippen LogP contribution >= 0.6 is 0 Å². The predicted octanol–water partition coefficient (Wildman–Crippen LogP) is 2.18. The van der Waals surface area contributed by atoms with Gasteiger partial charge in [-0.15, -0.1) is 0 Å². The van der Waals surface area contributed by atoms with Gasteiger partial charge in [0, 0.05) is 70.6 Å². The largest absolute Gasteiger partial charge is 0.375 e. The lowest BCUT2D eigenvalue weighted by Crippen LogP contribution is -2.47. The number of methoxy groups -OCH3 is 1. The fourth-order valence-electron chi connectivity index (χ4n) is 4.29. The van der Waals surface area contributed by atoms with Crippen LogP contribution in [0, 0.1) is 0 Å². The van der Waals surface area contributed by atoms with Crippen molar-refractivity contribution in [1.82, 2.24) is 14.9 Å². The Morgan fingerprint density at radius 2 is 1.75 bits per heavy atom. The molecule has 4 rings (SSSR count). The van der Waals surface area contributed by atoms with Gasteiger partial charge in [0.25, 0.3) is 0 Å². The van der Waals surface area contributed by atoms with Crippen LogP contribution in [0.1, 0.15) is 25.1 Å². The number of aromatic nitrogens is 2. The quantitative estimate of drug-likeness (QED) is 0.685. The minimum atomic E-state index is 0.0115. The molecule has 1 aromatic carbocycles. The van der Waals surface area contributed by atoms with Crippen molar-refractivity contribution in [3.05, 3.63) is 41.6 Å². The van der Waals surface area contributed by atoms with Crippen molar-refractivity contribution in [3.8, 4) is 0 Å². The third-order valence-electron chi connectivity index (χ3n) is 6.44. The van der Waals surface area contributed by atoms with Crippen molar-refractivity contribution in [1.29, 1.82) is 0 Å². The summed E-state index contributed by atoms with van der Waals surface area (Å²) >= 11 is 0. The first-order valence-electron chi connectivity index (χ1n) is 11.4. The number of benzene rings is 1. The molecule has 1 aromatic heterocycles. The van der Waals surface area contributed by atoms with E-state index in [1.54, 1.807) is 7.11 Å². The van der Waals surface area contributed by atoms with Crippen molar-refractivity contribution in [3.63, 3.8) is 0 Å². The average Bonchev–Trinajstić information content (AvgIpc) is 2.83. The number of amides is 1. The number of hydrogen-bond donors (Lipinski definition) is 0. The number of fused-ring (bicyclic) bond motifs is 1. The number of carbonyl (C=O) groups is 1. The molecule has 2 aliphatic rings. The van der Waals surface area contributed by atoms with Crippen molar-refractivity contribution < 1.29 is 9.53 Å². The van der Waals surface area contributed by atoms with Gasteiger partial charge in [0.05, 0.1) is 12.2 Å². The summed E-state index contributed by atoms with van der Waals surface area (Å²) in [5.74, 6) is 1.74. The number of rotatable bonds is 6. The number of para-hydroxylation sites is 1. The molecule has 0 aliphatic carbocycles. The molecule has 172 valence electrons. The molecule has 2 aromatic rings. The molecule has 1 amide bonds. The summed E-state index contributed by atoms with van der Waals surface area (Å²) in [5.41, 5.74) is 3.38. The first kappa shape index (κ1) is 22.3. The number of anilines is 3. The van der Waals surface area contributed by atoms with Gasteiger partial charge in [0.15, 0.2) is 0 Å². The van der Waals surface area contributed by atoms with Gasteiger partial charge in [-0.05, 0) is 26.0 Å². The smallest absolute Gasteiger partial charge is 0.248 e. The lowest BCUT2D eigenvalue weighted by Gasteiger charge is -2.38. The molecule has 0 saturated carbocycles. The van der Waals surface area contributed by atoms with Gasteiger partial charge in [-0.3, -0.25) is 4.79 Å². The Morgan fingerprint density at radius 3 is 2.41 bits per heavy atom. The van der Waals surface area contributed by atoms with Crippen LogP contribution in [0.4, 0.5) is 17.5 Å². The van der Waals surface area contributed by atoms with Crippen LogP contribution < -0.4 is 14.7 Å². The van der Waals surface area contributed by atoms with E-state index in [2.05, 4.69) is 65.9 Å². The molecule has 0 bridgehead atoms. The second-order valence-corrected chi connectivity index (χ2v) is 8.79. The Hall–Kier alpha value is -2.87. The maximum atomic E-state index is 12.4. The molecule has 3 heterocycles.